The summed E-state index contributed by atoms with van der Waals surface area (Å²) in [5.74, 6) is 0.00389. The molecule has 1 aliphatic rings. The number of carbonyl (C=O) groups excluding carboxylic acids is 1. The summed E-state index contributed by atoms with van der Waals surface area (Å²) in [4.78, 5) is 16.1. The Kier molecular flexibility index (Phi) is 4.33. The number of piperazine rings is 1. The highest BCUT2D eigenvalue weighted by atomic mass is 16.3. The Hall–Kier alpha value is -1.40. The Morgan fingerprint density at radius 1 is 1.50 bits per heavy atom. The molecule has 0 spiro atoms. The van der Waals surface area contributed by atoms with Gasteiger partial charge in [0.2, 0.25) is 0 Å². The highest BCUT2D eigenvalue weighted by Crippen LogP contribution is 2.11. The monoisotopic (exact) mass is 252 g/mol. The number of nitrogens with one attached hydrogen (secondary N) is 1. The zero-order valence-electron chi connectivity index (χ0n) is 10.7. The first-order valence-corrected chi connectivity index (χ1v) is 6.39. The number of nitrogens with zero attached hydrogens (tertiary/aromatic N) is 3. The van der Waals surface area contributed by atoms with Gasteiger partial charge in [-0.05, 0) is 12.5 Å². The van der Waals surface area contributed by atoms with Crippen molar-refractivity contribution in [3.05, 3.63) is 18.0 Å². The number of aromatic nitrogens is 2. The first kappa shape index (κ1) is 13.0. The summed E-state index contributed by atoms with van der Waals surface area (Å²) in [6.45, 7) is 5.30. The topological polar surface area (TPSA) is 72.5 Å². The van der Waals surface area contributed by atoms with Crippen molar-refractivity contribution in [2.24, 2.45) is 0 Å². The Labute approximate surface area is 107 Å². The molecule has 1 atom stereocenters. The van der Waals surface area contributed by atoms with Crippen LogP contribution in [0.1, 0.15) is 23.8 Å². The standard InChI is InChI=1S/C12H20N4O2/c1-2-10(9-17)15-5-7-16(8-6-15)12(18)11-3-4-13-14-11/h3-4,10,17H,2,5-9H2,1H3,(H,13,14). The van der Waals surface area contributed by atoms with Crippen molar-refractivity contribution in [3.63, 3.8) is 0 Å². The number of hydrogen-bond acceptors (Lipinski definition) is 4. The maximum atomic E-state index is 12.1. The third-order valence-electron chi connectivity index (χ3n) is 3.53. The zero-order valence-corrected chi connectivity index (χ0v) is 10.7. The Morgan fingerprint density at radius 3 is 2.72 bits per heavy atom. The van der Waals surface area contributed by atoms with Gasteiger partial charge in [0, 0.05) is 38.4 Å². The molecule has 0 saturated carbocycles. The van der Waals surface area contributed by atoms with Crippen LogP contribution in [0.5, 0.6) is 0 Å². The van der Waals surface area contributed by atoms with Crippen molar-refractivity contribution in [2.75, 3.05) is 32.8 Å². The molecule has 1 aromatic rings. The lowest BCUT2D eigenvalue weighted by Gasteiger charge is -2.38. The summed E-state index contributed by atoms with van der Waals surface area (Å²) in [5.41, 5.74) is 0.539. The quantitative estimate of drug-likeness (QED) is 0.787. The minimum atomic E-state index is 0.00389. The number of hydrogen-bond donors (Lipinski definition) is 2. The van der Waals surface area contributed by atoms with Crippen molar-refractivity contribution in [3.8, 4) is 0 Å². The number of amides is 1. The summed E-state index contributed by atoms with van der Waals surface area (Å²) in [7, 11) is 0. The normalized spacial score (nSPS) is 18.9. The number of H-pyrrole nitrogens is 1. The summed E-state index contributed by atoms with van der Waals surface area (Å²) in [6, 6.07) is 1.91. The SMILES string of the molecule is CCC(CO)N1CCN(C(=O)c2ccn[nH]2)CC1. The van der Waals surface area contributed by atoms with Crippen LogP contribution in [-0.4, -0.2) is 69.8 Å². The Morgan fingerprint density at radius 2 is 2.22 bits per heavy atom. The summed E-state index contributed by atoms with van der Waals surface area (Å²) < 4.78 is 0. The lowest BCUT2D eigenvalue weighted by Crippen LogP contribution is -2.52. The van der Waals surface area contributed by atoms with Crippen molar-refractivity contribution in [2.45, 2.75) is 19.4 Å². The predicted octanol–water partition coefficient (Wildman–Crippen LogP) is -0.0616. The number of carbonyl (C=O) groups is 1. The first-order chi connectivity index (χ1) is 8.76. The molecular formula is C12H20N4O2. The van der Waals surface area contributed by atoms with E-state index in [9.17, 15) is 9.90 Å². The third-order valence-corrected chi connectivity index (χ3v) is 3.53. The van der Waals surface area contributed by atoms with Crippen molar-refractivity contribution in [1.82, 2.24) is 20.0 Å². The molecule has 6 heteroatoms. The van der Waals surface area contributed by atoms with Crippen LogP contribution in [-0.2, 0) is 0 Å². The van der Waals surface area contributed by atoms with E-state index < -0.39 is 0 Å². The second-order valence-electron chi connectivity index (χ2n) is 4.54. The minimum absolute atomic E-state index is 0.00389. The van der Waals surface area contributed by atoms with Gasteiger partial charge in [0.1, 0.15) is 5.69 Å². The fraction of sp³-hybridized carbons (Fsp3) is 0.667. The van der Waals surface area contributed by atoms with Gasteiger partial charge < -0.3 is 10.0 Å². The molecule has 0 bridgehead atoms. The highest BCUT2D eigenvalue weighted by Gasteiger charge is 2.25. The molecule has 0 aliphatic carbocycles. The molecule has 1 aliphatic heterocycles. The van der Waals surface area contributed by atoms with E-state index in [-0.39, 0.29) is 18.6 Å². The number of aliphatic hydroxyl groups is 1. The van der Waals surface area contributed by atoms with Gasteiger partial charge in [-0.25, -0.2) is 0 Å². The maximum Gasteiger partial charge on any atom is 0.271 e. The molecule has 100 valence electrons. The molecule has 0 aromatic carbocycles. The van der Waals surface area contributed by atoms with E-state index in [1.807, 2.05) is 4.90 Å². The number of aliphatic hydroxyl groups excluding tert-OH is 1. The zero-order chi connectivity index (χ0) is 13.0. The van der Waals surface area contributed by atoms with E-state index in [4.69, 9.17) is 0 Å². The van der Waals surface area contributed by atoms with Gasteiger partial charge >= 0.3 is 0 Å². The van der Waals surface area contributed by atoms with Gasteiger partial charge in [-0.3, -0.25) is 14.8 Å². The van der Waals surface area contributed by atoms with Gasteiger partial charge in [-0.2, -0.15) is 5.10 Å². The fourth-order valence-corrected chi connectivity index (χ4v) is 2.34. The highest BCUT2D eigenvalue weighted by molar-refractivity contribution is 5.92. The van der Waals surface area contributed by atoms with E-state index in [0.29, 0.717) is 18.8 Å². The average molecular weight is 252 g/mol. The largest absolute Gasteiger partial charge is 0.395 e. The van der Waals surface area contributed by atoms with Crippen molar-refractivity contribution >= 4 is 5.91 Å². The molecule has 0 radical (unpaired) electrons. The van der Waals surface area contributed by atoms with Crippen LogP contribution in [0.15, 0.2) is 12.3 Å². The summed E-state index contributed by atoms with van der Waals surface area (Å²) in [6.07, 6.45) is 2.52. The Bertz CT molecular complexity index is 367. The van der Waals surface area contributed by atoms with Gasteiger partial charge in [0.25, 0.3) is 5.91 Å². The van der Waals surface area contributed by atoms with E-state index in [1.165, 1.54) is 0 Å². The molecule has 1 saturated heterocycles. The first-order valence-electron chi connectivity index (χ1n) is 6.39. The number of aromatic amines is 1. The van der Waals surface area contributed by atoms with Crippen LogP contribution in [0.2, 0.25) is 0 Å². The molecule has 1 fully saturated rings. The predicted molar refractivity (Wildman–Crippen MR) is 67.2 cm³/mol. The minimum Gasteiger partial charge on any atom is -0.395 e. The van der Waals surface area contributed by atoms with Crippen LogP contribution in [0, 0.1) is 0 Å². The molecule has 2 rings (SSSR count). The van der Waals surface area contributed by atoms with Gasteiger partial charge in [-0.1, -0.05) is 6.92 Å². The summed E-state index contributed by atoms with van der Waals surface area (Å²) in [5, 5.41) is 15.8. The second-order valence-corrected chi connectivity index (χ2v) is 4.54. The van der Waals surface area contributed by atoms with Crippen molar-refractivity contribution < 1.29 is 9.90 Å². The second kappa shape index (κ2) is 5.97. The molecular weight excluding hydrogens is 232 g/mol. The van der Waals surface area contributed by atoms with Crippen LogP contribution in [0.4, 0.5) is 0 Å². The smallest absolute Gasteiger partial charge is 0.271 e. The molecule has 2 heterocycles. The molecule has 6 nitrogen and oxygen atoms in total. The molecule has 1 aromatic heterocycles. The van der Waals surface area contributed by atoms with E-state index >= 15 is 0 Å². The molecule has 1 unspecified atom stereocenters. The average Bonchev–Trinajstić information content (AvgIpc) is 2.94. The van der Waals surface area contributed by atoms with E-state index in [1.54, 1.807) is 12.3 Å². The van der Waals surface area contributed by atoms with Gasteiger partial charge in [0.15, 0.2) is 0 Å². The molecule has 2 N–H and O–H groups in total. The van der Waals surface area contributed by atoms with Crippen LogP contribution < -0.4 is 0 Å². The van der Waals surface area contributed by atoms with E-state index in [2.05, 4.69) is 22.0 Å². The lowest BCUT2D eigenvalue weighted by molar-refractivity contribution is 0.0468. The molecule has 1 amide bonds. The maximum absolute atomic E-state index is 12.1. The van der Waals surface area contributed by atoms with Crippen molar-refractivity contribution in [1.29, 1.82) is 0 Å². The number of rotatable bonds is 4. The van der Waals surface area contributed by atoms with Crippen LogP contribution >= 0.6 is 0 Å². The van der Waals surface area contributed by atoms with E-state index in [0.717, 1.165) is 19.5 Å². The van der Waals surface area contributed by atoms with Crippen LogP contribution in [0.25, 0.3) is 0 Å². The van der Waals surface area contributed by atoms with Gasteiger partial charge in [0.05, 0.1) is 6.61 Å². The summed E-state index contributed by atoms with van der Waals surface area (Å²) >= 11 is 0. The Balaban J connectivity index is 1.89. The molecule has 18 heavy (non-hydrogen) atoms. The fourth-order valence-electron chi connectivity index (χ4n) is 2.34. The lowest BCUT2D eigenvalue weighted by atomic mass is 10.1. The van der Waals surface area contributed by atoms with Gasteiger partial charge in [-0.15, -0.1) is 0 Å². The third kappa shape index (κ3) is 2.70. The van der Waals surface area contributed by atoms with Crippen LogP contribution in [0.3, 0.4) is 0 Å².